The first-order valence-corrected chi connectivity index (χ1v) is 12.3. The van der Waals surface area contributed by atoms with Crippen molar-refractivity contribution in [3.05, 3.63) is 89.7 Å². The topological polar surface area (TPSA) is 59.3 Å². The maximum Gasteiger partial charge on any atom is 0.573 e. The number of rotatable bonds is 7. The minimum atomic E-state index is -4.89. The van der Waals surface area contributed by atoms with Crippen molar-refractivity contribution in [1.29, 1.82) is 0 Å². The molecule has 0 aliphatic rings. The molecule has 0 aliphatic carbocycles. The molecule has 40 heavy (non-hydrogen) atoms. The maximum atomic E-state index is 13.0. The second kappa shape index (κ2) is 10.4. The number of benzene rings is 2. The molecule has 5 nitrogen and oxygen atoms in total. The van der Waals surface area contributed by atoms with Gasteiger partial charge in [0.1, 0.15) is 11.4 Å². The van der Waals surface area contributed by atoms with Gasteiger partial charge in [-0.15, -0.1) is 13.2 Å². The van der Waals surface area contributed by atoms with Gasteiger partial charge in [-0.1, -0.05) is 44.2 Å². The van der Waals surface area contributed by atoms with E-state index in [2.05, 4.69) is 15.0 Å². The van der Waals surface area contributed by atoms with Crippen molar-refractivity contribution in [2.45, 2.75) is 51.7 Å². The van der Waals surface area contributed by atoms with E-state index in [-0.39, 0.29) is 17.5 Å². The van der Waals surface area contributed by atoms with Gasteiger partial charge in [0.2, 0.25) is 5.88 Å². The number of aromatic hydroxyl groups is 1. The standard InChI is InChI=1S/C29H27F6N3O2/c1-17(2)18-8-11-21(12-9-18)38-24(19-6-5-7-22(14-19)40-29(33,34)35)15-23(26(38)39)37-27(3,4)20-10-13-25(36-16-20)28(30,31)32/h5-17,37,39H,1-4H3. The lowest BCUT2D eigenvalue weighted by molar-refractivity contribution is -0.274. The summed E-state index contributed by atoms with van der Waals surface area (Å²) in [7, 11) is 0. The van der Waals surface area contributed by atoms with Gasteiger partial charge in [-0.2, -0.15) is 13.2 Å². The normalized spacial score (nSPS) is 12.6. The smallest absolute Gasteiger partial charge is 0.493 e. The Morgan fingerprint density at radius 1 is 0.900 bits per heavy atom. The van der Waals surface area contributed by atoms with Gasteiger partial charge in [0, 0.05) is 17.4 Å². The number of halogens is 6. The zero-order valence-corrected chi connectivity index (χ0v) is 22.0. The predicted molar refractivity (Wildman–Crippen MR) is 140 cm³/mol. The predicted octanol–water partition coefficient (Wildman–Crippen LogP) is 8.63. The van der Waals surface area contributed by atoms with Crippen molar-refractivity contribution in [3.63, 3.8) is 0 Å². The van der Waals surface area contributed by atoms with Crippen LogP contribution in [0.4, 0.5) is 32.0 Å². The fourth-order valence-electron chi connectivity index (χ4n) is 4.27. The highest BCUT2D eigenvalue weighted by Crippen LogP contribution is 2.41. The molecule has 0 amide bonds. The molecular weight excluding hydrogens is 536 g/mol. The zero-order valence-electron chi connectivity index (χ0n) is 22.0. The van der Waals surface area contributed by atoms with Crippen LogP contribution in [0.1, 0.15) is 50.4 Å². The second-order valence-corrected chi connectivity index (χ2v) is 10.1. The molecule has 2 aromatic carbocycles. The average molecular weight is 564 g/mol. The van der Waals surface area contributed by atoms with Crippen molar-refractivity contribution < 1.29 is 36.2 Å². The molecule has 0 spiro atoms. The minimum Gasteiger partial charge on any atom is -0.493 e. The summed E-state index contributed by atoms with van der Waals surface area (Å²) in [5.41, 5.74) is 0.854. The summed E-state index contributed by atoms with van der Waals surface area (Å²) in [5.74, 6) is -0.432. The van der Waals surface area contributed by atoms with E-state index in [9.17, 15) is 31.4 Å². The molecule has 0 radical (unpaired) electrons. The molecule has 4 rings (SSSR count). The molecule has 0 atom stereocenters. The Balaban J connectivity index is 1.79. The SMILES string of the molecule is CC(C)c1ccc(-n2c(-c3cccc(OC(F)(F)F)c3)cc(NC(C)(C)c3ccc(C(F)(F)F)nc3)c2O)cc1. The molecule has 0 saturated heterocycles. The average Bonchev–Trinajstić information content (AvgIpc) is 3.18. The van der Waals surface area contributed by atoms with Crippen LogP contribution in [0.25, 0.3) is 16.9 Å². The largest absolute Gasteiger partial charge is 0.573 e. The summed E-state index contributed by atoms with van der Waals surface area (Å²) < 4.78 is 83.2. The van der Waals surface area contributed by atoms with E-state index in [0.717, 1.165) is 17.8 Å². The first kappa shape index (κ1) is 28.8. The van der Waals surface area contributed by atoms with Crippen LogP contribution in [-0.4, -0.2) is 21.0 Å². The van der Waals surface area contributed by atoms with E-state index >= 15 is 0 Å². The van der Waals surface area contributed by atoms with E-state index in [1.54, 1.807) is 38.1 Å². The van der Waals surface area contributed by atoms with Crippen LogP contribution < -0.4 is 10.1 Å². The highest BCUT2D eigenvalue weighted by atomic mass is 19.4. The number of aromatic nitrogens is 2. The quantitative estimate of drug-likeness (QED) is 0.221. The number of nitrogens with zero attached hydrogens (tertiary/aromatic N) is 2. The number of pyridine rings is 1. The molecule has 0 unspecified atom stereocenters. The van der Waals surface area contributed by atoms with Crippen molar-refractivity contribution >= 4 is 5.69 Å². The number of hydrogen-bond acceptors (Lipinski definition) is 4. The monoisotopic (exact) mass is 563 g/mol. The van der Waals surface area contributed by atoms with Crippen molar-refractivity contribution in [3.8, 4) is 28.6 Å². The third-order valence-corrected chi connectivity index (χ3v) is 6.38. The summed E-state index contributed by atoms with van der Waals surface area (Å²) >= 11 is 0. The number of nitrogens with one attached hydrogen (secondary N) is 1. The summed E-state index contributed by atoms with van der Waals surface area (Å²) in [6.07, 6.45) is -8.37. The van der Waals surface area contributed by atoms with Crippen LogP contribution >= 0.6 is 0 Å². The molecule has 0 aliphatic heterocycles. The first-order chi connectivity index (χ1) is 18.5. The van der Waals surface area contributed by atoms with Crippen LogP contribution in [0.15, 0.2) is 72.9 Å². The van der Waals surface area contributed by atoms with Crippen LogP contribution in [0.2, 0.25) is 0 Å². The van der Waals surface area contributed by atoms with E-state index < -0.39 is 29.5 Å². The molecule has 0 fully saturated rings. The third-order valence-electron chi connectivity index (χ3n) is 6.38. The Morgan fingerprint density at radius 2 is 1.57 bits per heavy atom. The molecule has 2 N–H and O–H groups in total. The number of anilines is 1. The molecular formula is C29H27F6N3O2. The van der Waals surface area contributed by atoms with Crippen molar-refractivity contribution in [2.75, 3.05) is 5.32 Å². The fourth-order valence-corrected chi connectivity index (χ4v) is 4.27. The lowest BCUT2D eigenvalue weighted by atomic mass is 9.95. The highest BCUT2D eigenvalue weighted by molar-refractivity contribution is 5.75. The highest BCUT2D eigenvalue weighted by Gasteiger charge is 2.34. The first-order valence-electron chi connectivity index (χ1n) is 12.3. The number of alkyl halides is 6. The molecule has 0 saturated carbocycles. The Labute approximate surface area is 227 Å². The Bertz CT molecular complexity index is 1470. The molecule has 2 heterocycles. The summed E-state index contributed by atoms with van der Waals surface area (Å²) in [4.78, 5) is 3.52. The summed E-state index contributed by atoms with van der Waals surface area (Å²) in [5, 5.41) is 14.5. The van der Waals surface area contributed by atoms with Gasteiger partial charge in [-0.05, 0) is 67.3 Å². The Hall–Kier alpha value is -4.15. The maximum absolute atomic E-state index is 13.0. The lowest BCUT2D eigenvalue weighted by Crippen LogP contribution is -2.28. The van der Waals surface area contributed by atoms with Crippen LogP contribution in [0.3, 0.4) is 0 Å². The zero-order chi connectivity index (χ0) is 29.5. The van der Waals surface area contributed by atoms with Gasteiger partial charge in [-0.25, -0.2) is 0 Å². The second-order valence-electron chi connectivity index (χ2n) is 10.1. The molecule has 0 bridgehead atoms. The van der Waals surface area contributed by atoms with Gasteiger partial charge in [0.05, 0.1) is 16.9 Å². The summed E-state index contributed by atoms with van der Waals surface area (Å²) in [6, 6.07) is 16.4. The Kier molecular flexibility index (Phi) is 7.53. The van der Waals surface area contributed by atoms with Gasteiger partial charge in [0.15, 0.2) is 0 Å². The van der Waals surface area contributed by atoms with Gasteiger partial charge in [0.25, 0.3) is 0 Å². The Morgan fingerprint density at radius 3 is 2.12 bits per heavy atom. The fraction of sp³-hybridized carbons (Fsp3) is 0.276. The van der Waals surface area contributed by atoms with Crippen LogP contribution in [0.5, 0.6) is 11.6 Å². The van der Waals surface area contributed by atoms with E-state index in [4.69, 9.17) is 0 Å². The van der Waals surface area contributed by atoms with E-state index in [0.29, 0.717) is 22.5 Å². The lowest BCUT2D eigenvalue weighted by Gasteiger charge is -2.27. The van der Waals surface area contributed by atoms with E-state index in [1.807, 2.05) is 26.0 Å². The van der Waals surface area contributed by atoms with Crippen molar-refractivity contribution in [2.24, 2.45) is 0 Å². The van der Waals surface area contributed by atoms with E-state index in [1.165, 1.54) is 28.8 Å². The minimum absolute atomic E-state index is 0.204. The van der Waals surface area contributed by atoms with Crippen LogP contribution in [0, 0.1) is 0 Å². The van der Waals surface area contributed by atoms with Gasteiger partial charge in [-0.3, -0.25) is 9.55 Å². The summed E-state index contributed by atoms with van der Waals surface area (Å²) in [6.45, 7) is 7.45. The van der Waals surface area contributed by atoms with Gasteiger partial charge >= 0.3 is 12.5 Å². The number of hydrogen-bond donors (Lipinski definition) is 2. The molecule has 2 aromatic heterocycles. The number of ether oxygens (including phenoxy) is 1. The van der Waals surface area contributed by atoms with Gasteiger partial charge < -0.3 is 15.2 Å². The third kappa shape index (κ3) is 6.35. The molecule has 11 heteroatoms. The van der Waals surface area contributed by atoms with Crippen molar-refractivity contribution in [1.82, 2.24) is 9.55 Å². The van der Waals surface area contributed by atoms with Crippen LogP contribution in [-0.2, 0) is 11.7 Å². The molecule has 4 aromatic rings. The molecule has 212 valence electrons.